The first kappa shape index (κ1) is 11.0. The molecule has 0 unspecified atom stereocenters. The Balaban J connectivity index is 1.68. The van der Waals surface area contributed by atoms with Gasteiger partial charge in [0, 0.05) is 10.8 Å². The fourth-order valence-electron chi connectivity index (χ4n) is 5.04. The lowest BCUT2D eigenvalue weighted by molar-refractivity contribution is 0.669. The monoisotopic (exact) mass is 484 g/mol. The quantitative estimate of drug-likeness (QED) is 0.222. The second kappa shape index (κ2) is 7.81. The number of fused-ring (bicyclic) bond motifs is 6. The van der Waals surface area contributed by atoms with Gasteiger partial charge < -0.3 is 4.42 Å². The Labute approximate surface area is 233 Å². The molecule has 0 saturated carbocycles. The van der Waals surface area contributed by atoms with Crippen molar-refractivity contribution >= 4 is 54.3 Å². The minimum atomic E-state index is -0.642. The third-order valence-electron chi connectivity index (χ3n) is 6.64. The first-order valence-corrected chi connectivity index (χ1v) is 11.6. The molecular weight excluding hydrogens is 448 g/mol. The zero-order valence-corrected chi connectivity index (χ0v) is 19.0. The van der Waals surface area contributed by atoms with Gasteiger partial charge in [0.2, 0.25) is 0 Å². The Kier molecular flexibility index (Phi) is 2.33. The molecule has 8 rings (SSSR count). The molecule has 0 fully saturated rings. The molecule has 7 aromatic carbocycles. The third kappa shape index (κ3) is 3.04. The maximum atomic E-state index is 9.19. The van der Waals surface area contributed by atoms with Crippen LogP contribution in [0.4, 0.5) is 0 Å². The smallest absolute Gasteiger partial charge is 0.135 e. The Hall–Kier alpha value is -4.88. The largest absolute Gasteiger partial charge is 0.456 e. The van der Waals surface area contributed by atoms with Gasteiger partial charge in [0.25, 0.3) is 0 Å². The predicted octanol–water partition coefficient (Wildman–Crippen LogP) is 10.4. The zero-order chi connectivity index (χ0) is 36.5. The fourth-order valence-corrected chi connectivity index (χ4v) is 5.04. The van der Waals surface area contributed by atoms with Gasteiger partial charge in [-0.05, 0) is 78.8 Å². The molecule has 1 heterocycles. The summed E-state index contributed by atoms with van der Waals surface area (Å²) in [5.41, 5.74) is 1.19. The van der Waals surface area contributed by atoms with E-state index in [2.05, 4.69) is 0 Å². The number of para-hydroxylation sites is 1. The molecule has 0 spiro atoms. The molecule has 0 radical (unpaired) electrons. The highest BCUT2D eigenvalue weighted by Crippen LogP contribution is 2.45. The summed E-state index contributed by atoms with van der Waals surface area (Å²) >= 11 is 0. The number of rotatable bonds is 2. The average molecular weight is 485 g/mol. The molecule has 0 amide bonds. The van der Waals surface area contributed by atoms with Crippen LogP contribution in [0.3, 0.4) is 0 Å². The van der Waals surface area contributed by atoms with Crippen molar-refractivity contribution in [1.82, 2.24) is 0 Å². The molecule has 0 atom stereocenters. The van der Waals surface area contributed by atoms with E-state index in [1.807, 2.05) is 18.2 Å². The van der Waals surface area contributed by atoms with E-state index in [0.717, 1.165) is 5.39 Å². The normalized spacial score (nSPS) is 17.1. The van der Waals surface area contributed by atoms with Crippen LogP contribution in [-0.2, 0) is 0 Å². The summed E-state index contributed by atoms with van der Waals surface area (Å²) in [5.74, 6) is 0. The first-order valence-electron chi connectivity index (χ1n) is 18.6. The van der Waals surface area contributed by atoms with E-state index in [-0.39, 0.29) is 49.0 Å². The molecule has 1 nitrogen and oxygen atoms in total. The van der Waals surface area contributed by atoms with Crippen LogP contribution >= 0.6 is 0 Å². The second-order valence-electron chi connectivity index (χ2n) is 8.66. The Morgan fingerprint density at radius 1 is 0.432 bits per heavy atom. The van der Waals surface area contributed by atoms with Crippen LogP contribution in [0.1, 0.15) is 19.2 Å². The van der Waals surface area contributed by atoms with Gasteiger partial charge >= 0.3 is 0 Å². The molecule has 8 aromatic rings. The highest BCUT2D eigenvalue weighted by atomic mass is 16.3. The summed E-state index contributed by atoms with van der Waals surface area (Å²) in [6.45, 7) is 0. The van der Waals surface area contributed by atoms with Crippen molar-refractivity contribution in [1.29, 1.82) is 0 Å². The fraction of sp³-hybridized carbons (Fsp3) is 0. The highest BCUT2D eigenvalue weighted by molar-refractivity contribution is 6.22. The highest BCUT2D eigenvalue weighted by Gasteiger charge is 2.17. The maximum Gasteiger partial charge on any atom is 0.135 e. The molecule has 0 N–H and O–H groups in total. The van der Waals surface area contributed by atoms with Crippen LogP contribution in [0.25, 0.3) is 76.5 Å². The van der Waals surface area contributed by atoms with Gasteiger partial charge in [0.15, 0.2) is 0 Å². The molecule has 0 saturated heterocycles. The van der Waals surface area contributed by atoms with Gasteiger partial charge in [0.05, 0.1) is 19.2 Å². The molecule has 172 valence electrons. The molecule has 1 heteroatoms. The second-order valence-corrected chi connectivity index (χ2v) is 8.66. The number of hydrogen-bond acceptors (Lipinski definition) is 1. The van der Waals surface area contributed by atoms with Crippen LogP contribution in [0.15, 0.2) is 138 Å². The summed E-state index contributed by atoms with van der Waals surface area (Å²) in [5, 5.41) is 0.490. The molecular formula is C36H22O. The summed E-state index contributed by atoms with van der Waals surface area (Å²) in [6, 6.07) is 5.59. The third-order valence-corrected chi connectivity index (χ3v) is 6.64. The molecule has 37 heavy (non-hydrogen) atoms. The lowest BCUT2D eigenvalue weighted by Crippen LogP contribution is -1.91. The van der Waals surface area contributed by atoms with E-state index in [4.69, 9.17) is 18.1 Å². The number of benzene rings is 7. The van der Waals surface area contributed by atoms with Crippen LogP contribution in [0, 0.1) is 0 Å². The van der Waals surface area contributed by atoms with Crippen molar-refractivity contribution in [2.45, 2.75) is 0 Å². The molecule has 0 aliphatic carbocycles. The lowest BCUT2D eigenvalue weighted by atomic mass is 9.85. The summed E-state index contributed by atoms with van der Waals surface area (Å²) in [4.78, 5) is 0. The summed E-state index contributed by atoms with van der Waals surface area (Å²) in [6.07, 6.45) is 0. The van der Waals surface area contributed by atoms with E-state index >= 15 is 0 Å². The SMILES string of the molecule is [2H]c1c([2H])c([2H])c2c([2H])c([2H])c(-c3c4c([2H])c([2H])c([2H])c([2H])c4c(-c4ccc5oc6ccccc6c5c4)c4c([2H])c([2H])c([2H])c([2H])c34)cc2c1[2H]. The van der Waals surface area contributed by atoms with Crippen LogP contribution in [0.5, 0.6) is 0 Å². The van der Waals surface area contributed by atoms with E-state index < -0.39 is 84.6 Å². The average Bonchev–Trinajstić information content (AvgIpc) is 3.50. The van der Waals surface area contributed by atoms with Crippen molar-refractivity contribution in [2.75, 3.05) is 0 Å². The van der Waals surface area contributed by atoms with Gasteiger partial charge in [-0.25, -0.2) is 0 Å². The van der Waals surface area contributed by atoms with Gasteiger partial charge in [-0.1, -0.05) is 109 Å². The van der Waals surface area contributed by atoms with E-state index in [9.17, 15) is 5.48 Å². The van der Waals surface area contributed by atoms with Gasteiger partial charge in [-0.15, -0.1) is 0 Å². The first-order chi connectivity index (χ1) is 24.2. The van der Waals surface area contributed by atoms with E-state index in [1.54, 1.807) is 24.3 Å². The van der Waals surface area contributed by atoms with Crippen molar-refractivity contribution in [2.24, 2.45) is 0 Å². The van der Waals surface area contributed by atoms with Crippen LogP contribution in [-0.4, -0.2) is 0 Å². The van der Waals surface area contributed by atoms with E-state index in [0.29, 0.717) is 22.1 Å². The zero-order valence-electron chi connectivity index (χ0n) is 33.0. The standard InChI is InChI=1S/C36H22O/c1-2-10-24-21-25(18-17-23(24)9-1)35-28-12-3-5-14-30(28)36(31-15-6-4-13-29(31)35)26-19-20-34-32(22-26)27-11-7-8-16-33(27)37-34/h1-22H/i1D,2D,3D,4D,5D,6D,9D,10D,12D,13D,14D,15D,17D,18D. The number of furan rings is 1. The Bertz CT molecular complexity index is 2830. The minimum absolute atomic E-state index is 0.0928. The Morgan fingerprint density at radius 2 is 1.03 bits per heavy atom. The maximum absolute atomic E-state index is 9.19. The molecule has 1 aromatic heterocycles. The van der Waals surface area contributed by atoms with Crippen molar-refractivity contribution in [3.05, 3.63) is 133 Å². The summed E-state index contributed by atoms with van der Waals surface area (Å²) in [7, 11) is 0. The molecule has 0 aliphatic rings. The minimum Gasteiger partial charge on any atom is -0.456 e. The van der Waals surface area contributed by atoms with Crippen LogP contribution < -0.4 is 0 Å². The van der Waals surface area contributed by atoms with Crippen molar-refractivity contribution in [3.63, 3.8) is 0 Å². The van der Waals surface area contributed by atoms with Crippen molar-refractivity contribution < 1.29 is 23.6 Å². The Morgan fingerprint density at radius 3 is 1.76 bits per heavy atom. The summed E-state index contributed by atoms with van der Waals surface area (Å²) < 4.78 is 129. The topological polar surface area (TPSA) is 13.1 Å². The molecule has 0 bridgehead atoms. The van der Waals surface area contributed by atoms with Gasteiger partial charge in [-0.2, -0.15) is 0 Å². The van der Waals surface area contributed by atoms with Gasteiger partial charge in [0.1, 0.15) is 11.2 Å². The van der Waals surface area contributed by atoms with Crippen molar-refractivity contribution in [3.8, 4) is 22.3 Å². The van der Waals surface area contributed by atoms with E-state index in [1.165, 1.54) is 6.07 Å². The van der Waals surface area contributed by atoms with Crippen LogP contribution in [0.2, 0.25) is 0 Å². The lowest BCUT2D eigenvalue weighted by Gasteiger charge is -2.18. The number of hydrogen-bond donors (Lipinski definition) is 0. The molecule has 0 aliphatic heterocycles. The van der Waals surface area contributed by atoms with Gasteiger partial charge in [-0.3, -0.25) is 0 Å². The predicted molar refractivity (Wildman–Crippen MR) is 157 cm³/mol.